The zero-order chi connectivity index (χ0) is 14.6. The van der Waals surface area contributed by atoms with Gasteiger partial charge in [-0.15, -0.1) is 0 Å². The molecule has 1 aromatic rings. The van der Waals surface area contributed by atoms with Crippen molar-refractivity contribution in [3.63, 3.8) is 0 Å². The van der Waals surface area contributed by atoms with E-state index in [0.29, 0.717) is 6.54 Å². The fourth-order valence-electron chi connectivity index (χ4n) is 2.59. The predicted octanol–water partition coefficient (Wildman–Crippen LogP) is 2.05. The summed E-state index contributed by atoms with van der Waals surface area (Å²) in [5.41, 5.74) is 2.32. The smallest absolute Gasteiger partial charge is 0.329 e. The topological polar surface area (TPSA) is 119 Å². The van der Waals surface area contributed by atoms with Gasteiger partial charge in [0.1, 0.15) is 6.20 Å². The van der Waals surface area contributed by atoms with Crippen LogP contribution in [0.15, 0.2) is 6.20 Å². The van der Waals surface area contributed by atoms with Crippen molar-refractivity contribution in [2.75, 3.05) is 17.3 Å². The number of rotatable bonds is 5. The summed E-state index contributed by atoms with van der Waals surface area (Å²) in [5, 5.41) is 14.1. The normalized spacial score (nSPS) is 17.5. The molecule has 0 saturated heterocycles. The van der Waals surface area contributed by atoms with E-state index in [1.807, 2.05) is 0 Å². The van der Waals surface area contributed by atoms with Gasteiger partial charge in [-0.05, 0) is 18.3 Å². The molecule has 1 heterocycles. The van der Waals surface area contributed by atoms with Crippen LogP contribution in [-0.2, 0) is 0 Å². The molecular formula is C12H20N6O2. The number of anilines is 2. The molecule has 2 rings (SSSR count). The lowest BCUT2D eigenvalue weighted by Gasteiger charge is -2.33. The highest BCUT2D eigenvalue weighted by Crippen LogP contribution is 2.36. The summed E-state index contributed by atoms with van der Waals surface area (Å²) < 4.78 is 0. The Bertz CT molecular complexity index is 487. The molecule has 1 fully saturated rings. The Morgan fingerprint density at radius 2 is 2.15 bits per heavy atom. The highest BCUT2D eigenvalue weighted by atomic mass is 16.6. The lowest BCUT2D eigenvalue weighted by Crippen LogP contribution is -2.29. The molecular weight excluding hydrogens is 260 g/mol. The van der Waals surface area contributed by atoms with Gasteiger partial charge in [-0.3, -0.25) is 15.5 Å². The highest BCUT2D eigenvalue weighted by Gasteiger charge is 2.28. The molecule has 0 radical (unpaired) electrons. The number of nitrogen functional groups attached to an aromatic ring is 1. The number of hydrazine groups is 1. The minimum Gasteiger partial charge on any atom is -0.364 e. The Morgan fingerprint density at radius 3 is 2.75 bits per heavy atom. The second-order valence-electron chi connectivity index (χ2n) is 5.55. The van der Waals surface area contributed by atoms with Crippen molar-refractivity contribution in [1.82, 2.24) is 9.97 Å². The Kier molecular flexibility index (Phi) is 4.33. The first-order valence-electron chi connectivity index (χ1n) is 6.76. The van der Waals surface area contributed by atoms with Crippen LogP contribution < -0.4 is 16.6 Å². The van der Waals surface area contributed by atoms with Crippen LogP contribution >= 0.6 is 0 Å². The number of nitrogens with zero attached hydrogens (tertiary/aromatic N) is 3. The number of hydrogen-bond acceptors (Lipinski definition) is 7. The van der Waals surface area contributed by atoms with Crippen LogP contribution in [0, 0.1) is 15.5 Å². The number of nitrogens with one attached hydrogen (secondary N) is 2. The molecule has 8 nitrogen and oxygen atoms in total. The second-order valence-corrected chi connectivity index (χ2v) is 5.55. The van der Waals surface area contributed by atoms with Crippen molar-refractivity contribution >= 4 is 17.5 Å². The fourth-order valence-corrected chi connectivity index (χ4v) is 2.59. The molecule has 8 heteroatoms. The van der Waals surface area contributed by atoms with Crippen LogP contribution in [0.5, 0.6) is 0 Å². The van der Waals surface area contributed by atoms with Gasteiger partial charge in [0.05, 0.1) is 4.92 Å². The third-order valence-corrected chi connectivity index (χ3v) is 3.84. The zero-order valence-corrected chi connectivity index (χ0v) is 11.6. The SMILES string of the molecule is CC1(CNc2nc(NN)ncc2[N+](=O)[O-])CCCCC1. The summed E-state index contributed by atoms with van der Waals surface area (Å²) in [5.74, 6) is 5.61. The fraction of sp³-hybridized carbons (Fsp3) is 0.667. The first-order chi connectivity index (χ1) is 9.54. The number of hydrogen-bond donors (Lipinski definition) is 3. The van der Waals surface area contributed by atoms with E-state index in [4.69, 9.17) is 5.84 Å². The van der Waals surface area contributed by atoms with E-state index < -0.39 is 4.92 Å². The molecule has 0 bridgehead atoms. The van der Waals surface area contributed by atoms with Crippen LogP contribution in [0.3, 0.4) is 0 Å². The first-order valence-corrected chi connectivity index (χ1v) is 6.76. The molecule has 1 aromatic heterocycles. The van der Waals surface area contributed by atoms with E-state index in [0.717, 1.165) is 19.0 Å². The summed E-state index contributed by atoms with van der Waals surface area (Å²) in [7, 11) is 0. The van der Waals surface area contributed by atoms with Gasteiger partial charge in [0.25, 0.3) is 0 Å². The van der Waals surface area contributed by atoms with Crippen LogP contribution in [0.2, 0.25) is 0 Å². The molecule has 1 aliphatic rings. The molecule has 4 N–H and O–H groups in total. The van der Waals surface area contributed by atoms with Crippen molar-refractivity contribution in [3.05, 3.63) is 16.3 Å². The first kappa shape index (κ1) is 14.4. The maximum atomic E-state index is 11.0. The van der Waals surface area contributed by atoms with Crippen molar-refractivity contribution in [2.45, 2.75) is 39.0 Å². The van der Waals surface area contributed by atoms with Crippen LogP contribution in [-0.4, -0.2) is 21.4 Å². The van der Waals surface area contributed by atoms with Gasteiger partial charge in [0.15, 0.2) is 0 Å². The maximum absolute atomic E-state index is 11.0. The van der Waals surface area contributed by atoms with Crippen molar-refractivity contribution in [1.29, 1.82) is 0 Å². The maximum Gasteiger partial charge on any atom is 0.329 e. The van der Waals surface area contributed by atoms with Gasteiger partial charge < -0.3 is 5.32 Å². The molecule has 110 valence electrons. The Balaban J connectivity index is 2.12. The minimum atomic E-state index is -0.494. The van der Waals surface area contributed by atoms with E-state index >= 15 is 0 Å². The molecule has 0 atom stereocenters. The van der Waals surface area contributed by atoms with Crippen molar-refractivity contribution in [3.8, 4) is 0 Å². The molecule has 20 heavy (non-hydrogen) atoms. The quantitative estimate of drug-likeness (QED) is 0.429. The largest absolute Gasteiger partial charge is 0.364 e. The summed E-state index contributed by atoms with van der Waals surface area (Å²) in [6.07, 6.45) is 7.10. The van der Waals surface area contributed by atoms with Crippen LogP contribution in [0.4, 0.5) is 17.5 Å². The summed E-state index contributed by atoms with van der Waals surface area (Å²) in [6, 6.07) is 0. The third kappa shape index (κ3) is 3.32. The predicted molar refractivity (Wildman–Crippen MR) is 76.2 cm³/mol. The van der Waals surface area contributed by atoms with Gasteiger partial charge in [0, 0.05) is 6.54 Å². The van der Waals surface area contributed by atoms with E-state index in [-0.39, 0.29) is 22.9 Å². The van der Waals surface area contributed by atoms with E-state index in [1.54, 1.807) is 0 Å². The average Bonchev–Trinajstić information content (AvgIpc) is 2.45. The number of aromatic nitrogens is 2. The summed E-state index contributed by atoms with van der Waals surface area (Å²) in [6.45, 7) is 2.86. The second kappa shape index (κ2) is 6.00. The Morgan fingerprint density at radius 1 is 1.45 bits per heavy atom. The molecule has 0 aliphatic heterocycles. The van der Waals surface area contributed by atoms with Gasteiger partial charge in [-0.1, -0.05) is 26.2 Å². The summed E-state index contributed by atoms with van der Waals surface area (Å²) >= 11 is 0. The molecule has 0 spiro atoms. The molecule has 0 aromatic carbocycles. The average molecular weight is 280 g/mol. The molecule has 1 aliphatic carbocycles. The molecule has 1 saturated carbocycles. The highest BCUT2D eigenvalue weighted by molar-refractivity contribution is 5.56. The van der Waals surface area contributed by atoms with Crippen LogP contribution in [0.1, 0.15) is 39.0 Å². The Labute approximate surface area is 117 Å². The van der Waals surface area contributed by atoms with Crippen molar-refractivity contribution < 1.29 is 4.92 Å². The molecule has 0 amide bonds. The van der Waals surface area contributed by atoms with Gasteiger partial charge in [-0.25, -0.2) is 10.8 Å². The number of nitro groups is 1. The van der Waals surface area contributed by atoms with Crippen LogP contribution in [0.25, 0.3) is 0 Å². The van der Waals surface area contributed by atoms with Gasteiger partial charge in [0.2, 0.25) is 11.8 Å². The van der Waals surface area contributed by atoms with E-state index in [1.165, 1.54) is 19.3 Å². The third-order valence-electron chi connectivity index (χ3n) is 3.84. The van der Waals surface area contributed by atoms with Gasteiger partial charge >= 0.3 is 5.69 Å². The van der Waals surface area contributed by atoms with Crippen molar-refractivity contribution in [2.24, 2.45) is 11.3 Å². The van der Waals surface area contributed by atoms with E-state index in [9.17, 15) is 10.1 Å². The lowest BCUT2D eigenvalue weighted by molar-refractivity contribution is -0.384. The lowest BCUT2D eigenvalue weighted by atomic mass is 9.76. The Hall–Kier alpha value is -1.96. The number of nitrogens with two attached hydrogens (primary N) is 1. The van der Waals surface area contributed by atoms with Gasteiger partial charge in [-0.2, -0.15) is 4.98 Å². The van der Waals surface area contributed by atoms with E-state index in [2.05, 4.69) is 27.6 Å². The summed E-state index contributed by atoms with van der Waals surface area (Å²) in [4.78, 5) is 18.3. The molecule has 0 unspecified atom stereocenters. The standard InChI is InChI=1S/C12H20N6O2/c1-12(5-3-2-4-6-12)8-15-10-9(18(19)20)7-14-11(16-10)17-13/h7H,2-6,8,13H2,1H3,(H2,14,15,16,17). The monoisotopic (exact) mass is 280 g/mol. The zero-order valence-electron chi connectivity index (χ0n) is 11.6. The minimum absolute atomic E-state index is 0.136.